The fourth-order valence-electron chi connectivity index (χ4n) is 2.82. The number of likely N-dealkylation sites (tertiary alicyclic amines) is 1. The van der Waals surface area contributed by atoms with Crippen LogP contribution in [0.15, 0.2) is 22.8 Å². The van der Waals surface area contributed by atoms with E-state index in [1.807, 2.05) is 11.9 Å². The number of carbonyl (C=O) groups excluding carboxylic acids is 1. The van der Waals surface area contributed by atoms with Gasteiger partial charge in [0.15, 0.2) is 5.76 Å². The van der Waals surface area contributed by atoms with Crippen molar-refractivity contribution in [1.82, 2.24) is 10.2 Å². The number of likely N-dealkylation sites (N-methyl/N-ethyl adjacent to an activating group) is 1. The van der Waals surface area contributed by atoms with Gasteiger partial charge in [-0.3, -0.25) is 4.79 Å². The van der Waals surface area contributed by atoms with Gasteiger partial charge in [0.05, 0.1) is 6.26 Å². The van der Waals surface area contributed by atoms with Gasteiger partial charge in [-0.05, 0) is 37.9 Å². The molecule has 1 aliphatic heterocycles. The maximum atomic E-state index is 12.2. The van der Waals surface area contributed by atoms with E-state index in [9.17, 15) is 4.79 Å². The molecule has 1 aromatic heterocycles. The SMILES string of the molecule is CNCC1CC2CC2N1C(=O)c1ccco1. The van der Waals surface area contributed by atoms with Crippen LogP contribution in [0.4, 0.5) is 0 Å². The Morgan fingerprint density at radius 2 is 2.50 bits per heavy atom. The zero-order valence-corrected chi connectivity index (χ0v) is 9.35. The van der Waals surface area contributed by atoms with E-state index in [4.69, 9.17) is 4.42 Å². The third kappa shape index (κ3) is 1.45. The van der Waals surface area contributed by atoms with Crippen molar-refractivity contribution in [3.8, 4) is 0 Å². The van der Waals surface area contributed by atoms with E-state index in [1.54, 1.807) is 18.4 Å². The number of nitrogens with zero attached hydrogens (tertiary/aromatic N) is 1. The molecule has 0 spiro atoms. The molecule has 0 radical (unpaired) electrons. The maximum absolute atomic E-state index is 12.2. The molecule has 4 heteroatoms. The van der Waals surface area contributed by atoms with Crippen LogP contribution < -0.4 is 5.32 Å². The zero-order chi connectivity index (χ0) is 11.1. The monoisotopic (exact) mass is 220 g/mol. The quantitative estimate of drug-likeness (QED) is 0.829. The van der Waals surface area contributed by atoms with E-state index in [0.717, 1.165) is 18.9 Å². The molecular weight excluding hydrogens is 204 g/mol. The summed E-state index contributed by atoms with van der Waals surface area (Å²) < 4.78 is 5.19. The molecular formula is C12H16N2O2. The van der Waals surface area contributed by atoms with E-state index in [1.165, 1.54) is 6.42 Å². The zero-order valence-electron chi connectivity index (χ0n) is 9.35. The van der Waals surface area contributed by atoms with Crippen LogP contribution in [0.3, 0.4) is 0 Å². The molecule has 0 bridgehead atoms. The van der Waals surface area contributed by atoms with E-state index >= 15 is 0 Å². The molecule has 4 nitrogen and oxygen atoms in total. The van der Waals surface area contributed by atoms with Gasteiger partial charge >= 0.3 is 0 Å². The molecule has 1 N–H and O–H groups in total. The number of hydrogen-bond donors (Lipinski definition) is 1. The van der Waals surface area contributed by atoms with Crippen molar-refractivity contribution in [2.24, 2.45) is 5.92 Å². The number of rotatable bonds is 3. The van der Waals surface area contributed by atoms with Crippen LogP contribution in [0, 0.1) is 5.92 Å². The molecule has 3 rings (SSSR count). The van der Waals surface area contributed by atoms with Crippen LogP contribution in [0.5, 0.6) is 0 Å². The summed E-state index contributed by atoms with van der Waals surface area (Å²) in [7, 11) is 1.93. The van der Waals surface area contributed by atoms with Gasteiger partial charge in [-0.15, -0.1) is 0 Å². The molecule has 3 atom stereocenters. The summed E-state index contributed by atoms with van der Waals surface area (Å²) in [5.41, 5.74) is 0. The Bertz CT molecular complexity index is 388. The van der Waals surface area contributed by atoms with Gasteiger partial charge in [0, 0.05) is 18.6 Å². The average Bonchev–Trinajstić information content (AvgIpc) is 2.76. The Morgan fingerprint density at radius 3 is 3.19 bits per heavy atom. The van der Waals surface area contributed by atoms with Crippen molar-refractivity contribution >= 4 is 5.91 Å². The molecule has 1 aromatic rings. The van der Waals surface area contributed by atoms with Crippen LogP contribution in [0.25, 0.3) is 0 Å². The maximum Gasteiger partial charge on any atom is 0.290 e. The molecule has 2 aliphatic rings. The molecule has 1 aliphatic carbocycles. The average molecular weight is 220 g/mol. The lowest BCUT2D eigenvalue weighted by atomic mass is 10.1. The Morgan fingerprint density at radius 1 is 1.62 bits per heavy atom. The van der Waals surface area contributed by atoms with Crippen LogP contribution in [-0.4, -0.2) is 36.5 Å². The molecule has 1 saturated carbocycles. The van der Waals surface area contributed by atoms with Gasteiger partial charge in [0.2, 0.25) is 0 Å². The minimum Gasteiger partial charge on any atom is -0.459 e. The van der Waals surface area contributed by atoms with Gasteiger partial charge in [-0.1, -0.05) is 0 Å². The molecule has 1 amide bonds. The van der Waals surface area contributed by atoms with Crippen molar-refractivity contribution in [3.05, 3.63) is 24.2 Å². The summed E-state index contributed by atoms with van der Waals surface area (Å²) in [5, 5.41) is 3.16. The van der Waals surface area contributed by atoms with Crippen molar-refractivity contribution < 1.29 is 9.21 Å². The minimum absolute atomic E-state index is 0.0512. The molecule has 0 aromatic carbocycles. The van der Waals surface area contributed by atoms with Crippen LogP contribution in [-0.2, 0) is 0 Å². The third-order valence-corrected chi connectivity index (χ3v) is 3.62. The van der Waals surface area contributed by atoms with E-state index in [2.05, 4.69) is 5.32 Å². The highest BCUT2D eigenvalue weighted by atomic mass is 16.3. The van der Waals surface area contributed by atoms with Crippen LogP contribution in [0.1, 0.15) is 23.4 Å². The fourth-order valence-corrected chi connectivity index (χ4v) is 2.82. The second-order valence-electron chi connectivity index (χ2n) is 4.70. The third-order valence-electron chi connectivity index (χ3n) is 3.62. The van der Waals surface area contributed by atoms with Gasteiger partial charge in [-0.2, -0.15) is 0 Å². The van der Waals surface area contributed by atoms with Gasteiger partial charge in [0.1, 0.15) is 0 Å². The highest BCUT2D eigenvalue weighted by Crippen LogP contribution is 2.48. The Labute approximate surface area is 94.6 Å². The summed E-state index contributed by atoms with van der Waals surface area (Å²) in [4.78, 5) is 14.2. The largest absolute Gasteiger partial charge is 0.459 e. The van der Waals surface area contributed by atoms with Crippen molar-refractivity contribution in [2.75, 3.05) is 13.6 Å². The predicted molar refractivity (Wildman–Crippen MR) is 59.1 cm³/mol. The van der Waals surface area contributed by atoms with Crippen LogP contribution in [0.2, 0.25) is 0 Å². The van der Waals surface area contributed by atoms with Crippen LogP contribution >= 0.6 is 0 Å². The standard InChI is InChI=1S/C12H16N2O2/c1-13-7-9-5-8-6-10(8)14(9)12(15)11-3-2-4-16-11/h2-4,8-10,13H,5-7H2,1H3. The highest BCUT2D eigenvalue weighted by molar-refractivity contribution is 5.92. The number of carbonyl (C=O) groups is 1. The predicted octanol–water partition coefficient (Wildman–Crippen LogP) is 1.10. The lowest BCUT2D eigenvalue weighted by Gasteiger charge is -2.26. The molecule has 3 unspecified atom stereocenters. The first-order chi connectivity index (χ1) is 7.81. The van der Waals surface area contributed by atoms with Gasteiger partial charge in [0.25, 0.3) is 5.91 Å². The second kappa shape index (κ2) is 3.63. The number of hydrogen-bond acceptors (Lipinski definition) is 3. The Balaban J connectivity index is 1.79. The lowest BCUT2D eigenvalue weighted by molar-refractivity contribution is 0.0668. The summed E-state index contributed by atoms with van der Waals surface area (Å²) in [6, 6.07) is 4.32. The van der Waals surface area contributed by atoms with Crippen molar-refractivity contribution in [1.29, 1.82) is 0 Å². The summed E-state index contributed by atoms with van der Waals surface area (Å²) >= 11 is 0. The normalized spacial score (nSPS) is 31.6. The molecule has 1 saturated heterocycles. The lowest BCUT2D eigenvalue weighted by Crippen LogP contribution is -2.43. The summed E-state index contributed by atoms with van der Waals surface area (Å²) in [5.74, 6) is 1.25. The molecule has 16 heavy (non-hydrogen) atoms. The number of piperidine rings is 1. The molecule has 2 fully saturated rings. The summed E-state index contributed by atoms with van der Waals surface area (Å²) in [6.45, 7) is 0.874. The van der Waals surface area contributed by atoms with Gasteiger partial charge in [-0.25, -0.2) is 0 Å². The fraction of sp³-hybridized carbons (Fsp3) is 0.583. The smallest absolute Gasteiger partial charge is 0.290 e. The van der Waals surface area contributed by atoms with Gasteiger partial charge < -0.3 is 14.6 Å². The Kier molecular flexibility index (Phi) is 2.24. The van der Waals surface area contributed by atoms with E-state index in [0.29, 0.717) is 17.8 Å². The second-order valence-corrected chi connectivity index (χ2v) is 4.70. The van der Waals surface area contributed by atoms with Crippen molar-refractivity contribution in [3.63, 3.8) is 0 Å². The topological polar surface area (TPSA) is 45.5 Å². The number of furan rings is 1. The number of nitrogens with one attached hydrogen (secondary N) is 1. The molecule has 86 valence electrons. The number of fused-ring (bicyclic) bond motifs is 1. The number of amides is 1. The molecule has 2 heterocycles. The summed E-state index contributed by atoms with van der Waals surface area (Å²) in [6.07, 6.45) is 3.87. The van der Waals surface area contributed by atoms with Crippen molar-refractivity contribution in [2.45, 2.75) is 24.9 Å². The first kappa shape index (κ1) is 9.90. The van der Waals surface area contributed by atoms with E-state index < -0.39 is 0 Å². The highest BCUT2D eigenvalue weighted by Gasteiger charge is 2.53. The van der Waals surface area contributed by atoms with E-state index in [-0.39, 0.29) is 5.91 Å². The Hall–Kier alpha value is -1.29. The first-order valence-electron chi connectivity index (χ1n) is 5.82. The first-order valence-corrected chi connectivity index (χ1v) is 5.82. The minimum atomic E-state index is 0.0512.